The molecule has 0 aromatic heterocycles. The van der Waals surface area contributed by atoms with Crippen molar-refractivity contribution in [1.82, 2.24) is 0 Å². The summed E-state index contributed by atoms with van der Waals surface area (Å²) < 4.78 is 20.8. The highest BCUT2D eigenvalue weighted by molar-refractivity contribution is 7.40. The van der Waals surface area contributed by atoms with E-state index < -0.39 is 45.0 Å². The number of aliphatic hydroxyl groups is 2. The molecule has 110 valence electrons. The molecular weight excluding hydrogens is 285 g/mol. The second-order valence-electron chi connectivity index (χ2n) is 4.82. The molecule has 0 amide bonds. The maximum Gasteiger partial charge on any atom is 0.330 e. The van der Waals surface area contributed by atoms with E-state index in [9.17, 15) is 10.00 Å². The zero-order valence-electron chi connectivity index (χ0n) is 10.9. The van der Waals surface area contributed by atoms with E-state index in [-0.39, 0.29) is 13.2 Å². The molecule has 10 heteroatoms. The van der Waals surface area contributed by atoms with Crippen molar-refractivity contribution in [1.29, 1.82) is 0 Å². The van der Waals surface area contributed by atoms with Gasteiger partial charge in [-0.05, 0) is 12.8 Å². The molecule has 0 aromatic rings. The zero-order chi connectivity index (χ0) is 14.7. The molecule has 0 bridgehead atoms. The van der Waals surface area contributed by atoms with E-state index >= 15 is 0 Å². The van der Waals surface area contributed by atoms with Crippen LogP contribution in [-0.4, -0.2) is 80.4 Å². The van der Waals surface area contributed by atoms with Crippen molar-refractivity contribution in [2.75, 3.05) is 13.2 Å². The predicted molar refractivity (Wildman–Crippen MR) is 71.1 cm³/mol. The summed E-state index contributed by atoms with van der Waals surface area (Å²) in [6.45, 7) is -0.276. The van der Waals surface area contributed by atoms with E-state index in [2.05, 4.69) is 0 Å². The van der Waals surface area contributed by atoms with Crippen molar-refractivity contribution < 1.29 is 33.6 Å². The summed E-state index contributed by atoms with van der Waals surface area (Å²) in [6.07, 6.45) is -1.71. The summed E-state index contributed by atoms with van der Waals surface area (Å²) in [7, 11) is 8.93. The maximum atomic E-state index is 9.70. The molecule has 2 rings (SSSR count). The van der Waals surface area contributed by atoms with E-state index in [0.717, 1.165) is 0 Å². The number of hydrogen-bond donors (Lipinski definition) is 3. The fraction of sp³-hybridized carbons (Fsp3) is 1.00. The normalized spacial score (nSPS) is 43.0. The third-order valence-corrected chi connectivity index (χ3v) is 4.06. The Morgan fingerprint density at radius 2 is 1.80 bits per heavy atom. The molecule has 2 aliphatic heterocycles. The highest BCUT2D eigenvalue weighted by Gasteiger charge is 2.36. The first-order valence-corrected chi connectivity index (χ1v) is 7.52. The molecule has 20 heavy (non-hydrogen) atoms. The van der Waals surface area contributed by atoms with Crippen LogP contribution in [0.25, 0.3) is 0 Å². The van der Waals surface area contributed by atoms with Crippen LogP contribution >= 0.6 is 8.60 Å². The zero-order valence-corrected chi connectivity index (χ0v) is 11.8. The van der Waals surface area contributed by atoms with Gasteiger partial charge >= 0.3 is 8.60 Å². The molecule has 2 aliphatic rings. The Morgan fingerprint density at radius 3 is 2.40 bits per heavy atom. The highest BCUT2D eigenvalue weighted by atomic mass is 31.2. The van der Waals surface area contributed by atoms with Crippen LogP contribution in [0.1, 0.15) is 12.8 Å². The minimum Gasteiger partial charge on any atom is -0.394 e. The molecule has 2 saturated heterocycles. The molecule has 2 unspecified atom stereocenters. The van der Waals surface area contributed by atoms with Gasteiger partial charge in [-0.1, -0.05) is 0 Å². The second kappa shape index (κ2) is 7.51. The Kier molecular flexibility index (Phi) is 6.25. The monoisotopic (exact) mass is 302 g/mol. The van der Waals surface area contributed by atoms with Crippen LogP contribution in [-0.2, 0) is 18.5 Å². The lowest BCUT2D eigenvalue weighted by Crippen LogP contribution is -2.28. The lowest BCUT2D eigenvalue weighted by Gasteiger charge is -2.21. The van der Waals surface area contributed by atoms with Crippen molar-refractivity contribution >= 4 is 24.3 Å². The fourth-order valence-electron chi connectivity index (χ4n) is 2.21. The number of hydrogen-bond acceptors (Lipinski definition) is 7. The van der Waals surface area contributed by atoms with Crippen LogP contribution in [0.15, 0.2) is 0 Å². The van der Waals surface area contributed by atoms with Crippen molar-refractivity contribution in [2.24, 2.45) is 0 Å². The summed E-state index contributed by atoms with van der Waals surface area (Å²) in [6, 6.07) is -1.05. The van der Waals surface area contributed by atoms with Crippen molar-refractivity contribution in [2.45, 2.75) is 49.3 Å². The highest BCUT2D eigenvalue weighted by Crippen LogP contribution is 2.39. The van der Waals surface area contributed by atoms with Gasteiger partial charge < -0.3 is 33.6 Å². The molecule has 0 saturated carbocycles. The molecule has 0 aliphatic carbocycles. The summed E-state index contributed by atoms with van der Waals surface area (Å²) in [5.41, 5.74) is 0. The standard InChI is InChI=1S/C10H17B2O7P/c11-9-1-5(14)8(18-9)4-16-20(15)19-6-2-10(12)17-7(6)3-13/h5-10,13-15H,1-4H2/t5-,6?,7-,8-,9-,10-,20?/m1/s1. The van der Waals surface area contributed by atoms with Crippen molar-refractivity contribution in [3.05, 3.63) is 0 Å². The van der Waals surface area contributed by atoms with E-state index in [1.54, 1.807) is 0 Å². The fourth-order valence-corrected chi connectivity index (χ4v) is 3.00. The number of ether oxygens (including phenoxy) is 2. The SMILES string of the molecule is [B][C@H]1CC(OP(O)OC[C@H]2O[C@@H]([B])C[C@H]2O)[C@@H](CO)O1. The maximum absolute atomic E-state index is 9.70. The van der Waals surface area contributed by atoms with Crippen LogP contribution in [0.3, 0.4) is 0 Å². The largest absolute Gasteiger partial charge is 0.394 e. The van der Waals surface area contributed by atoms with Crippen LogP contribution in [0.2, 0.25) is 0 Å². The Morgan fingerprint density at radius 1 is 1.15 bits per heavy atom. The Labute approximate surface area is 121 Å². The molecule has 7 nitrogen and oxygen atoms in total. The van der Waals surface area contributed by atoms with E-state index in [0.29, 0.717) is 12.8 Å². The molecule has 3 N–H and O–H groups in total. The van der Waals surface area contributed by atoms with Crippen LogP contribution in [0.5, 0.6) is 0 Å². The molecule has 2 heterocycles. The van der Waals surface area contributed by atoms with E-state index in [1.165, 1.54) is 0 Å². The molecule has 0 spiro atoms. The number of aliphatic hydroxyl groups excluding tert-OH is 2. The number of rotatable bonds is 6. The lowest BCUT2D eigenvalue weighted by molar-refractivity contribution is -0.0164. The van der Waals surface area contributed by atoms with Gasteiger partial charge in [-0.2, -0.15) is 0 Å². The first kappa shape index (κ1) is 16.6. The summed E-state index contributed by atoms with van der Waals surface area (Å²) in [5, 5.41) is 18.7. The molecule has 4 radical (unpaired) electrons. The Hall–Kier alpha value is 0.280. The minimum absolute atomic E-state index is 0.0273. The summed E-state index contributed by atoms with van der Waals surface area (Å²) in [5.74, 6) is 0. The minimum atomic E-state index is -2.17. The Balaban J connectivity index is 1.71. The van der Waals surface area contributed by atoms with Gasteiger partial charge in [-0.25, -0.2) is 0 Å². The lowest BCUT2D eigenvalue weighted by atomic mass is 9.96. The predicted octanol–water partition coefficient (Wildman–Crippen LogP) is -1.47. The average Bonchev–Trinajstić information content (AvgIpc) is 2.89. The van der Waals surface area contributed by atoms with E-state index in [1.807, 2.05) is 0 Å². The van der Waals surface area contributed by atoms with E-state index in [4.69, 9.17) is 39.3 Å². The van der Waals surface area contributed by atoms with Crippen LogP contribution in [0.4, 0.5) is 0 Å². The van der Waals surface area contributed by atoms with Gasteiger partial charge in [0.25, 0.3) is 0 Å². The third-order valence-electron chi connectivity index (χ3n) is 3.24. The first-order valence-electron chi connectivity index (χ1n) is 6.39. The molecular formula is C10H17B2O7P. The van der Waals surface area contributed by atoms with Crippen molar-refractivity contribution in [3.8, 4) is 0 Å². The molecule has 2 fully saturated rings. The van der Waals surface area contributed by atoms with Gasteiger partial charge in [0.15, 0.2) is 0 Å². The second-order valence-corrected chi connectivity index (χ2v) is 5.77. The van der Waals surface area contributed by atoms with Gasteiger partial charge in [0.2, 0.25) is 0 Å². The van der Waals surface area contributed by atoms with Gasteiger partial charge in [-0.15, -0.1) is 0 Å². The topological polar surface area (TPSA) is 97.6 Å². The molecule has 0 aromatic carbocycles. The van der Waals surface area contributed by atoms with Gasteiger partial charge in [0, 0.05) is 12.0 Å². The van der Waals surface area contributed by atoms with Gasteiger partial charge in [0.05, 0.1) is 25.4 Å². The summed E-state index contributed by atoms with van der Waals surface area (Å²) >= 11 is 0. The van der Waals surface area contributed by atoms with Gasteiger partial charge in [-0.3, -0.25) is 0 Å². The van der Waals surface area contributed by atoms with Crippen LogP contribution in [0, 0.1) is 0 Å². The molecule has 7 atom stereocenters. The van der Waals surface area contributed by atoms with Crippen molar-refractivity contribution in [3.63, 3.8) is 0 Å². The summed E-state index contributed by atoms with van der Waals surface area (Å²) in [4.78, 5) is 9.70. The van der Waals surface area contributed by atoms with Gasteiger partial charge in [0.1, 0.15) is 27.9 Å². The first-order chi connectivity index (χ1) is 9.49. The smallest absolute Gasteiger partial charge is 0.330 e. The average molecular weight is 302 g/mol. The quantitative estimate of drug-likeness (QED) is 0.407. The Bertz CT molecular complexity index is 313. The third kappa shape index (κ3) is 4.39. The van der Waals surface area contributed by atoms with Crippen LogP contribution < -0.4 is 0 Å².